The van der Waals surface area contributed by atoms with Crippen molar-refractivity contribution in [1.29, 1.82) is 0 Å². The fraction of sp³-hybridized carbons (Fsp3) is 0.200. The highest BCUT2D eigenvalue weighted by atomic mass is 15.3. The Morgan fingerprint density at radius 3 is 3.00 bits per heavy atom. The zero-order chi connectivity index (χ0) is 9.80. The van der Waals surface area contributed by atoms with Crippen molar-refractivity contribution in [2.45, 2.75) is 6.54 Å². The van der Waals surface area contributed by atoms with Crippen LogP contribution < -0.4 is 5.73 Å². The van der Waals surface area contributed by atoms with Crippen molar-refractivity contribution in [3.05, 3.63) is 36.8 Å². The predicted octanol–water partition coefficient (Wildman–Crippen LogP) is 0.904. The Balaban J connectivity index is 2.25. The van der Waals surface area contributed by atoms with Crippen LogP contribution >= 0.6 is 0 Å². The van der Waals surface area contributed by atoms with Crippen molar-refractivity contribution in [1.82, 2.24) is 14.8 Å². The molecule has 0 aliphatic rings. The van der Waals surface area contributed by atoms with Gasteiger partial charge in [-0.05, 0) is 18.2 Å². The van der Waals surface area contributed by atoms with Crippen LogP contribution in [0.2, 0.25) is 0 Å². The third kappa shape index (κ3) is 1.80. The van der Waals surface area contributed by atoms with Crippen LogP contribution in [-0.2, 0) is 6.54 Å². The second-order valence-electron chi connectivity index (χ2n) is 2.99. The van der Waals surface area contributed by atoms with Gasteiger partial charge in [0.05, 0.1) is 12.2 Å². The summed E-state index contributed by atoms with van der Waals surface area (Å²) in [6.45, 7) is 1.36. The standard InChI is InChI=1S/C10H12N4/c11-4-7-14-6-3-10(13-14)9-2-1-5-12-8-9/h1-3,5-6,8H,4,7,11H2. The van der Waals surface area contributed by atoms with E-state index in [4.69, 9.17) is 5.73 Å². The van der Waals surface area contributed by atoms with Crippen molar-refractivity contribution in [3.8, 4) is 11.3 Å². The molecule has 2 aromatic rings. The van der Waals surface area contributed by atoms with Crippen LogP contribution in [0.4, 0.5) is 0 Å². The number of nitrogens with two attached hydrogens (primary N) is 1. The predicted molar refractivity (Wildman–Crippen MR) is 54.5 cm³/mol. The summed E-state index contributed by atoms with van der Waals surface area (Å²) >= 11 is 0. The van der Waals surface area contributed by atoms with E-state index in [9.17, 15) is 0 Å². The van der Waals surface area contributed by atoms with Gasteiger partial charge in [-0.25, -0.2) is 0 Å². The first-order valence-electron chi connectivity index (χ1n) is 4.54. The smallest absolute Gasteiger partial charge is 0.0938 e. The molecular formula is C10H12N4. The van der Waals surface area contributed by atoms with E-state index in [-0.39, 0.29) is 0 Å². The highest BCUT2D eigenvalue weighted by Crippen LogP contribution is 2.14. The summed E-state index contributed by atoms with van der Waals surface area (Å²) in [5.41, 5.74) is 7.40. The maximum absolute atomic E-state index is 5.44. The van der Waals surface area contributed by atoms with Crippen LogP contribution in [0.25, 0.3) is 11.3 Å². The number of nitrogens with zero attached hydrogens (tertiary/aromatic N) is 3. The lowest BCUT2D eigenvalue weighted by Gasteiger charge is -1.96. The first-order chi connectivity index (χ1) is 6.90. The number of aromatic nitrogens is 3. The Morgan fingerprint density at radius 2 is 2.29 bits per heavy atom. The lowest BCUT2D eigenvalue weighted by Crippen LogP contribution is -2.09. The van der Waals surface area contributed by atoms with Crippen LogP contribution in [0.15, 0.2) is 36.8 Å². The van der Waals surface area contributed by atoms with Gasteiger partial charge in [-0.15, -0.1) is 0 Å². The fourth-order valence-corrected chi connectivity index (χ4v) is 1.29. The molecule has 72 valence electrons. The molecule has 14 heavy (non-hydrogen) atoms. The SMILES string of the molecule is NCCn1ccc(-c2cccnc2)n1. The maximum atomic E-state index is 5.44. The molecule has 2 rings (SSSR count). The van der Waals surface area contributed by atoms with Crippen molar-refractivity contribution >= 4 is 0 Å². The third-order valence-electron chi connectivity index (χ3n) is 1.96. The van der Waals surface area contributed by atoms with Crippen LogP contribution in [0.3, 0.4) is 0 Å². The van der Waals surface area contributed by atoms with Gasteiger partial charge in [0, 0.05) is 30.7 Å². The number of hydrogen-bond acceptors (Lipinski definition) is 3. The molecule has 2 N–H and O–H groups in total. The molecule has 0 unspecified atom stereocenters. The van der Waals surface area contributed by atoms with E-state index in [1.165, 1.54) is 0 Å². The molecular weight excluding hydrogens is 176 g/mol. The first kappa shape index (κ1) is 8.90. The van der Waals surface area contributed by atoms with E-state index in [1.54, 1.807) is 12.4 Å². The van der Waals surface area contributed by atoms with E-state index in [2.05, 4.69) is 10.1 Å². The van der Waals surface area contributed by atoms with Gasteiger partial charge in [-0.1, -0.05) is 0 Å². The van der Waals surface area contributed by atoms with Gasteiger partial charge >= 0.3 is 0 Å². The van der Waals surface area contributed by atoms with Gasteiger partial charge in [-0.2, -0.15) is 5.10 Å². The summed E-state index contributed by atoms with van der Waals surface area (Å²) in [6, 6.07) is 5.85. The third-order valence-corrected chi connectivity index (χ3v) is 1.96. The summed E-state index contributed by atoms with van der Waals surface area (Å²) in [6.07, 6.45) is 5.48. The zero-order valence-corrected chi connectivity index (χ0v) is 7.80. The Labute approximate surface area is 82.4 Å². The van der Waals surface area contributed by atoms with Crippen molar-refractivity contribution in [3.63, 3.8) is 0 Å². The summed E-state index contributed by atoms with van der Waals surface area (Å²) in [5.74, 6) is 0. The average Bonchev–Trinajstić information content (AvgIpc) is 2.68. The first-order valence-corrected chi connectivity index (χ1v) is 4.54. The highest BCUT2D eigenvalue weighted by molar-refractivity contribution is 5.56. The summed E-state index contributed by atoms with van der Waals surface area (Å²) < 4.78 is 1.84. The van der Waals surface area contributed by atoms with Gasteiger partial charge in [0.2, 0.25) is 0 Å². The minimum atomic E-state index is 0.605. The van der Waals surface area contributed by atoms with Crippen molar-refractivity contribution in [2.24, 2.45) is 5.73 Å². The minimum absolute atomic E-state index is 0.605. The van der Waals surface area contributed by atoms with E-state index in [0.29, 0.717) is 6.54 Å². The van der Waals surface area contributed by atoms with Gasteiger partial charge in [0.1, 0.15) is 0 Å². The highest BCUT2D eigenvalue weighted by Gasteiger charge is 2.00. The minimum Gasteiger partial charge on any atom is -0.329 e. The van der Waals surface area contributed by atoms with Crippen LogP contribution in [0, 0.1) is 0 Å². The lowest BCUT2D eigenvalue weighted by atomic mass is 10.2. The molecule has 4 heteroatoms. The Kier molecular flexibility index (Phi) is 2.55. The number of hydrogen-bond donors (Lipinski definition) is 1. The van der Waals surface area contributed by atoms with Crippen molar-refractivity contribution in [2.75, 3.05) is 6.54 Å². The second kappa shape index (κ2) is 4.02. The van der Waals surface area contributed by atoms with Crippen LogP contribution in [0.1, 0.15) is 0 Å². The molecule has 2 aromatic heterocycles. The molecule has 0 atom stereocenters. The van der Waals surface area contributed by atoms with Gasteiger partial charge in [0.15, 0.2) is 0 Å². The number of pyridine rings is 1. The van der Waals surface area contributed by atoms with Crippen LogP contribution in [0.5, 0.6) is 0 Å². The quantitative estimate of drug-likeness (QED) is 0.778. The molecule has 0 spiro atoms. The zero-order valence-electron chi connectivity index (χ0n) is 7.80. The Bertz CT molecular complexity index is 394. The molecule has 0 bridgehead atoms. The summed E-state index contributed by atoms with van der Waals surface area (Å²) in [7, 11) is 0. The topological polar surface area (TPSA) is 56.7 Å². The molecule has 0 radical (unpaired) electrons. The molecule has 0 saturated heterocycles. The molecule has 0 aliphatic carbocycles. The monoisotopic (exact) mass is 188 g/mol. The Hall–Kier alpha value is -1.68. The number of rotatable bonds is 3. The molecule has 0 amide bonds. The van der Waals surface area contributed by atoms with E-state index in [0.717, 1.165) is 17.8 Å². The molecule has 0 saturated carbocycles. The molecule has 0 aliphatic heterocycles. The Morgan fingerprint density at radius 1 is 1.36 bits per heavy atom. The van der Waals surface area contributed by atoms with Gasteiger partial charge in [0.25, 0.3) is 0 Å². The normalized spacial score (nSPS) is 10.4. The maximum Gasteiger partial charge on any atom is 0.0938 e. The van der Waals surface area contributed by atoms with Gasteiger partial charge in [-0.3, -0.25) is 9.67 Å². The van der Waals surface area contributed by atoms with E-state index in [1.807, 2.05) is 29.1 Å². The molecule has 2 heterocycles. The van der Waals surface area contributed by atoms with Crippen LogP contribution in [-0.4, -0.2) is 21.3 Å². The van der Waals surface area contributed by atoms with Gasteiger partial charge < -0.3 is 5.73 Å². The van der Waals surface area contributed by atoms with E-state index >= 15 is 0 Å². The lowest BCUT2D eigenvalue weighted by molar-refractivity contribution is 0.627. The average molecular weight is 188 g/mol. The summed E-state index contributed by atoms with van der Waals surface area (Å²) in [4.78, 5) is 4.04. The second-order valence-corrected chi connectivity index (χ2v) is 2.99. The van der Waals surface area contributed by atoms with E-state index < -0.39 is 0 Å². The largest absolute Gasteiger partial charge is 0.329 e. The molecule has 0 fully saturated rings. The van der Waals surface area contributed by atoms with Crippen molar-refractivity contribution < 1.29 is 0 Å². The molecule has 0 aromatic carbocycles. The molecule has 4 nitrogen and oxygen atoms in total. The summed E-state index contributed by atoms with van der Waals surface area (Å²) in [5, 5.41) is 4.37. The fourth-order valence-electron chi connectivity index (χ4n) is 1.29.